The van der Waals surface area contributed by atoms with Crippen molar-refractivity contribution < 1.29 is 4.79 Å². The van der Waals surface area contributed by atoms with Gasteiger partial charge in [-0.1, -0.05) is 22.0 Å². The first kappa shape index (κ1) is 13.0. The number of nitrogens with one attached hydrogen (secondary N) is 1. The van der Waals surface area contributed by atoms with Gasteiger partial charge in [-0.25, -0.2) is 9.97 Å². The summed E-state index contributed by atoms with van der Waals surface area (Å²) in [7, 11) is 0. The van der Waals surface area contributed by atoms with Crippen LogP contribution in [0.25, 0.3) is 0 Å². The highest BCUT2D eigenvalue weighted by molar-refractivity contribution is 9.10. The minimum absolute atomic E-state index is 0.0961. The smallest absolute Gasteiger partial charge is 0.257 e. The summed E-state index contributed by atoms with van der Waals surface area (Å²) in [6.45, 7) is 1.87. The Labute approximate surface area is 118 Å². The van der Waals surface area contributed by atoms with Gasteiger partial charge in [0.05, 0.1) is 0 Å². The van der Waals surface area contributed by atoms with E-state index in [9.17, 15) is 4.79 Å². The van der Waals surface area contributed by atoms with Crippen LogP contribution < -0.4 is 5.32 Å². The molecule has 0 saturated carbocycles. The molecule has 0 aliphatic heterocycles. The van der Waals surface area contributed by atoms with Crippen LogP contribution >= 0.6 is 27.5 Å². The SMILES string of the molecule is Cc1ccc(Br)cc1C(=O)Nc1ccnc(Cl)n1. The van der Waals surface area contributed by atoms with Crippen LogP contribution in [0.1, 0.15) is 15.9 Å². The molecular formula is C12H9BrClN3O. The zero-order valence-electron chi connectivity index (χ0n) is 9.45. The highest BCUT2D eigenvalue weighted by Gasteiger charge is 2.10. The number of halogens is 2. The van der Waals surface area contributed by atoms with Gasteiger partial charge in [-0.15, -0.1) is 0 Å². The third-order valence-corrected chi connectivity index (χ3v) is 2.99. The number of hydrogen-bond donors (Lipinski definition) is 1. The molecule has 1 heterocycles. The molecule has 1 amide bonds. The largest absolute Gasteiger partial charge is 0.306 e. The molecule has 92 valence electrons. The molecule has 0 saturated heterocycles. The Hall–Kier alpha value is -1.46. The van der Waals surface area contributed by atoms with Gasteiger partial charge in [-0.05, 0) is 42.3 Å². The van der Waals surface area contributed by atoms with Gasteiger partial charge in [-0.3, -0.25) is 4.79 Å². The predicted octanol–water partition coefficient (Wildman–Crippen LogP) is 3.45. The maximum Gasteiger partial charge on any atom is 0.257 e. The fourth-order valence-corrected chi connectivity index (χ4v) is 1.94. The maximum atomic E-state index is 12.1. The van der Waals surface area contributed by atoms with Crippen molar-refractivity contribution in [1.82, 2.24) is 9.97 Å². The highest BCUT2D eigenvalue weighted by atomic mass is 79.9. The zero-order valence-corrected chi connectivity index (χ0v) is 11.8. The van der Waals surface area contributed by atoms with E-state index in [0.717, 1.165) is 10.0 Å². The molecule has 0 radical (unpaired) electrons. The van der Waals surface area contributed by atoms with Crippen molar-refractivity contribution in [3.63, 3.8) is 0 Å². The van der Waals surface area contributed by atoms with Crippen LogP contribution in [-0.2, 0) is 0 Å². The van der Waals surface area contributed by atoms with Gasteiger partial charge in [0, 0.05) is 16.2 Å². The highest BCUT2D eigenvalue weighted by Crippen LogP contribution is 2.17. The fraction of sp³-hybridized carbons (Fsp3) is 0.0833. The summed E-state index contributed by atoms with van der Waals surface area (Å²) >= 11 is 8.98. The first-order chi connectivity index (χ1) is 8.56. The van der Waals surface area contributed by atoms with E-state index in [-0.39, 0.29) is 11.2 Å². The number of anilines is 1. The average molecular weight is 327 g/mol. The molecule has 0 spiro atoms. The molecule has 6 heteroatoms. The number of rotatable bonds is 2. The van der Waals surface area contributed by atoms with Gasteiger partial charge in [0.15, 0.2) is 0 Å². The number of amides is 1. The third-order valence-electron chi connectivity index (χ3n) is 2.31. The molecule has 1 aromatic heterocycles. The average Bonchev–Trinajstić information content (AvgIpc) is 2.32. The Kier molecular flexibility index (Phi) is 3.93. The number of carbonyl (C=O) groups excluding carboxylic acids is 1. The minimum Gasteiger partial charge on any atom is -0.306 e. The zero-order chi connectivity index (χ0) is 13.1. The van der Waals surface area contributed by atoms with Crippen LogP contribution in [0.3, 0.4) is 0 Å². The second-order valence-electron chi connectivity index (χ2n) is 3.62. The van der Waals surface area contributed by atoms with Gasteiger partial charge in [0.2, 0.25) is 5.28 Å². The molecule has 2 aromatic rings. The Balaban J connectivity index is 2.24. The molecular weight excluding hydrogens is 318 g/mol. The fourth-order valence-electron chi connectivity index (χ4n) is 1.43. The van der Waals surface area contributed by atoms with Crippen molar-refractivity contribution in [2.75, 3.05) is 5.32 Å². The number of aromatic nitrogens is 2. The number of hydrogen-bond acceptors (Lipinski definition) is 3. The lowest BCUT2D eigenvalue weighted by Gasteiger charge is -2.07. The Bertz CT molecular complexity index is 604. The van der Waals surface area contributed by atoms with Gasteiger partial charge in [0.25, 0.3) is 5.91 Å². The Morgan fingerprint density at radius 2 is 2.17 bits per heavy atom. The monoisotopic (exact) mass is 325 g/mol. The lowest BCUT2D eigenvalue weighted by molar-refractivity contribution is 0.102. The Morgan fingerprint density at radius 3 is 2.89 bits per heavy atom. The second kappa shape index (κ2) is 5.46. The van der Waals surface area contributed by atoms with Crippen LogP contribution in [0.2, 0.25) is 5.28 Å². The van der Waals surface area contributed by atoms with Crippen LogP contribution in [0.5, 0.6) is 0 Å². The first-order valence-electron chi connectivity index (χ1n) is 5.12. The van der Waals surface area contributed by atoms with E-state index in [2.05, 4.69) is 31.2 Å². The molecule has 4 nitrogen and oxygen atoms in total. The van der Waals surface area contributed by atoms with Crippen LogP contribution in [0.4, 0.5) is 5.82 Å². The molecule has 0 aliphatic rings. The van der Waals surface area contributed by atoms with Gasteiger partial charge in [0.1, 0.15) is 5.82 Å². The van der Waals surface area contributed by atoms with Crippen LogP contribution in [0.15, 0.2) is 34.9 Å². The number of carbonyl (C=O) groups is 1. The third kappa shape index (κ3) is 3.05. The lowest BCUT2D eigenvalue weighted by atomic mass is 10.1. The van der Waals surface area contributed by atoms with E-state index in [1.54, 1.807) is 12.1 Å². The van der Waals surface area contributed by atoms with E-state index < -0.39 is 0 Å². The van der Waals surface area contributed by atoms with Gasteiger partial charge in [-0.2, -0.15) is 0 Å². The molecule has 0 unspecified atom stereocenters. The molecule has 1 N–H and O–H groups in total. The summed E-state index contributed by atoms with van der Waals surface area (Å²) in [4.78, 5) is 19.7. The topological polar surface area (TPSA) is 54.9 Å². The Morgan fingerprint density at radius 1 is 1.39 bits per heavy atom. The van der Waals surface area contributed by atoms with E-state index in [1.165, 1.54) is 6.20 Å². The van der Waals surface area contributed by atoms with Crippen molar-refractivity contribution >= 4 is 39.3 Å². The normalized spacial score (nSPS) is 10.2. The summed E-state index contributed by atoms with van der Waals surface area (Å²) in [5, 5.41) is 2.77. The van der Waals surface area contributed by atoms with Gasteiger partial charge >= 0.3 is 0 Å². The van der Waals surface area contributed by atoms with E-state index in [0.29, 0.717) is 11.4 Å². The molecule has 0 bridgehead atoms. The number of aryl methyl sites for hydroxylation is 1. The predicted molar refractivity (Wildman–Crippen MR) is 73.9 cm³/mol. The minimum atomic E-state index is -0.233. The van der Waals surface area contributed by atoms with E-state index in [4.69, 9.17) is 11.6 Å². The summed E-state index contributed by atoms with van der Waals surface area (Å²) in [5.74, 6) is 0.142. The van der Waals surface area contributed by atoms with E-state index in [1.807, 2.05) is 19.1 Å². The molecule has 0 atom stereocenters. The second-order valence-corrected chi connectivity index (χ2v) is 4.88. The molecule has 0 aliphatic carbocycles. The van der Waals surface area contributed by atoms with E-state index >= 15 is 0 Å². The van der Waals surface area contributed by atoms with Crippen LogP contribution in [0, 0.1) is 6.92 Å². The van der Waals surface area contributed by atoms with Crippen molar-refractivity contribution in [3.05, 3.63) is 51.3 Å². The molecule has 0 fully saturated rings. The number of nitrogens with zero attached hydrogens (tertiary/aromatic N) is 2. The quantitative estimate of drug-likeness (QED) is 0.860. The van der Waals surface area contributed by atoms with Crippen molar-refractivity contribution in [3.8, 4) is 0 Å². The number of benzene rings is 1. The lowest BCUT2D eigenvalue weighted by Crippen LogP contribution is -2.14. The summed E-state index contributed by atoms with van der Waals surface area (Å²) in [5.41, 5.74) is 1.47. The summed E-state index contributed by atoms with van der Waals surface area (Å²) in [6.07, 6.45) is 1.48. The van der Waals surface area contributed by atoms with Crippen molar-refractivity contribution in [2.45, 2.75) is 6.92 Å². The molecule has 1 aromatic carbocycles. The maximum absolute atomic E-state index is 12.1. The summed E-state index contributed by atoms with van der Waals surface area (Å²) in [6, 6.07) is 7.09. The molecule has 2 rings (SSSR count). The van der Waals surface area contributed by atoms with Crippen molar-refractivity contribution in [1.29, 1.82) is 0 Å². The molecule has 18 heavy (non-hydrogen) atoms. The van der Waals surface area contributed by atoms with Gasteiger partial charge < -0.3 is 5.32 Å². The summed E-state index contributed by atoms with van der Waals surface area (Å²) < 4.78 is 0.846. The first-order valence-corrected chi connectivity index (χ1v) is 6.29. The van der Waals surface area contributed by atoms with Crippen molar-refractivity contribution in [2.24, 2.45) is 0 Å². The standard InChI is InChI=1S/C12H9BrClN3O/c1-7-2-3-8(13)6-9(7)11(18)16-10-4-5-15-12(14)17-10/h2-6H,1H3,(H,15,16,17,18). The van der Waals surface area contributed by atoms with Crippen LogP contribution in [-0.4, -0.2) is 15.9 Å².